The molecule has 0 radical (unpaired) electrons. The van der Waals surface area contributed by atoms with Gasteiger partial charge in [0, 0.05) is 11.9 Å². The van der Waals surface area contributed by atoms with E-state index in [-0.39, 0.29) is 41.8 Å². The molecular formula is C13H20N2O3S2. The Morgan fingerprint density at radius 3 is 2.75 bits per heavy atom. The summed E-state index contributed by atoms with van der Waals surface area (Å²) in [6.45, 7) is 6.21. The molecular weight excluding hydrogens is 296 g/mol. The lowest BCUT2D eigenvalue weighted by Crippen LogP contribution is -2.56. The molecule has 1 unspecified atom stereocenters. The molecule has 5 nitrogen and oxygen atoms in total. The van der Waals surface area contributed by atoms with Gasteiger partial charge in [-0.15, -0.1) is 11.3 Å². The minimum Gasteiger partial charge on any atom is -0.337 e. The lowest BCUT2D eigenvalue weighted by molar-refractivity contribution is -0.134. The van der Waals surface area contributed by atoms with E-state index >= 15 is 0 Å². The van der Waals surface area contributed by atoms with Crippen molar-refractivity contribution in [3.63, 3.8) is 0 Å². The van der Waals surface area contributed by atoms with E-state index in [0.717, 1.165) is 5.69 Å². The Bertz CT molecular complexity index is 573. The molecule has 0 aliphatic carbocycles. The molecule has 1 aliphatic rings. The number of amides is 1. The number of carbonyl (C=O) groups excluding carboxylic acids is 1. The van der Waals surface area contributed by atoms with Gasteiger partial charge < -0.3 is 4.90 Å². The van der Waals surface area contributed by atoms with E-state index in [9.17, 15) is 13.2 Å². The topological polar surface area (TPSA) is 67.3 Å². The average molecular weight is 316 g/mol. The molecule has 2 heterocycles. The second-order valence-electron chi connectivity index (χ2n) is 6.24. The zero-order valence-electron chi connectivity index (χ0n) is 12.0. The van der Waals surface area contributed by atoms with Gasteiger partial charge in [0.2, 0.25) is 5.91 Å². The molecule has 0 saturated carbocycles. The number of hydrogen-bond donors (Lipinski definition) is 0. The van der Waals surface area contributed by atoms with Crippen LogP contribution in [0.1, 0.15) is 26.5 Å². The number of sulfone groups is 1. The van der Waals surface area contributed by atoms with Gasteiger partial charge in [-0.2, -0.15) is 0 Å². The monoisotopic (exact) mass is 316 g/mol. The van der Waals surface area contributed by atoms with Crippen LogP contribution in [0.4, 0.5) is 0 Å². The Hall–Kier alpha value is -0.950. The van der Waals surface area contributed by atoms with Crippen LogP contribution in [-0.4, -0.2) is 48.3 Å². The van der Waals surface area contributed by atoms with E-state index in [0.29, 0.717) is 0 Å². The Morgan fingerprint density at radius 2 is 2.20 bits per heavy atom. The average Bonchev–Trinajstić information content (AvgIpc) is 2.79. The molecule has 0 bridgehead atoms. The van der Waals surface area contributed by atoms with Crippen molar-refractivity contribution >= 4 is 27.1 Å². The molecule has 0 spiro atoms. The van der Waals surface area contributed by atoms with E-state index < -0.39 is 9.84 Å². The highest BCUT2D eigenvalue weighted by atomic mass is 32.2. The number of thiazole rings is 1. The van der Waals surface area contributed by atoms with E-state index in [2.05, 4.69) is 4.98 Å². The van der Waals surface area contributed by atoms with Crippen molar-refractivity contribution in [2.24, 2.45) is 5.41 Å². The normalized spacial score (nSPS) is 22.8. The predicted molar refractivity (Wildman–Crippen MR) is 79.4 cm³/mol. The molecule has 112 valence electrons. The van der Waals surface area contributed by atoms with Crippen molar-refractivity contribution in [1.29, 1.82) is 0 Å². The fraction of sp³-hybridized carbons (Fsp3) is 0.692. The molecule has 1 atom stereocenters. The molecule has 0 N–H and O–H groups in total. The summed E-state index contributed by atoms with van der Waals surface area (Å²) in [4.78, 5) is 18.3. The quantitative estimate of drug-likeness (QED) is 0.826. The van der Waals surface area contributed by atoms with Crippen molar-refractivity contribution < 1.29 is 13.2 Å². The molecule has 1 aromatic rings. The van der Waals surface area contributed by atoms with Crippen LogP contribution in [0.3, 0.4) is 0 Å². The van der Waals surface area contributed by atoms with Crippen LogP contribution in [-0.2, 0) is 21.1 Å². The van der Waals surface area contributed by atoms with Crippen LogP contribution in [0.15, 0.2) is 10.9 Å². The maximum atomic E-state index is 12.4. The maximum Gasteiger partial charge on any atom is 0.228 e. The van der Waals surface area contributed by atoms with Gasteiger partial charge in [0.05, 0.1) is 35.2 Å². The van der Waals surface area contributed by atoms with Crippen molar-refractivity contribution in [2.75, 3.05) is 18.1 Å². The SMILES string of the molecule is CC(C)(C)C1CS(=O)(=O)CCN1C(=O)Cc1cscn1. The predicted octanol–water partition coefficient (Wildman–Crippen LogP) is 1.36. The molecule has 2 rings (SSSR count). The summed E-state index contributed by atoms with van der Waals surface area (Å²) in [5, 5.41) is 1.85. The Labute approximate surface area is 123 Å². The van der Waals surface area contributed by atoms with Crippen LogP contribution in [0.25, 0.3) is 0 Å². The van der Waals surface area contributed by atoms with E-state index in [4.69, 9.17) is 0 Å². The highest BCUT2D eigenvalue weighted by Crippen LogP contribution is 2.29. The summed E-state index contributed by atoms with van der Waals surface area (Å²) in [5.74, 6) is 0.0764. The Morgan fingerprint density at radius 1 is 1.50 bits per heavy atom. The molecule has 1 saturated heterocycles. The lowest BCUT2D eigenvalue weighted by atomic mass is 9.86. The van der Waals surface area contributed by atoms with E-state index in [1.165, 1.54) is 11.3 Å². The van der Waals surface area contributed by atoms with Gasteiger partial charge in [0.25, 0.3) is 0 Å². The van der Waals surface area contributed by atoms with Crippen molar-refractivity contribution in [2.45, 2.75) is 33.2 Å². The van der Waals surface area contributed by atoms with Crippen LogP contribution < -0.4 is 0 Å². The van der Waals surface area contributed by atoms with Gasteiger partial charge in [-0.25, -0.2) is 13.4 Å². The lowest BCUT2D eigenvalue weighted by Gasteiger charge is -2.43. The van der Waals surface area contributed by atoms with E-state index in [1.807, 2.05) is 26.2 Å². The summed E-state index contributed by atoms with van der Waals surface area (Å²) in [7, 11) is -3.05. The third-order valence-corrected chi connectivity index (χ3v) is 5.83. The molecule has 1 amide bonds. The molecule has 20 heavy (non-hydrogen) atoms. The van der Waals surface area contributed by atoms with Gasteiger partial charge in [-0.1, -0.05) is 20.8 Å². The van der Waals surface area contributed by atoms with Crippen LogP contribution in [0.5, 0.6) is 0 Å². The summed E-state index contributed by atoms with van der Waals surface area (Å²) in [6, 6.07) is -0.271. The first-order valence-corrected chi connectivity index (χ1v) is 9.32. The Kier molecular flexibility index (Phi) is 4.20. The zero-order chi connectivity index (χ0) is 15.0. The van der Waals surface area contributed by atoms with Gasteiger partial charge in [-0.05, 0) is 5.41 Å². The highest BCUT2D eigenvalue weighted by Gasteiger charge is 2.40. The first-order chi connectivity index (χ1) is 9.19. The molecule has 1 aliphatic heterocycles. The molecule has 0 aromatic carbocycles. The summed E-state index contributed by atoms with van der Waals surface area (Å²) < 4.78 is 23.7. The second-order valence-corrected chi connectivity index (χ2v) is 9.19. The molecule has 1 aromatic heterocycles. The summed E-state index contributed by atoms with van der Waals surface area (Å²) in [6.07, 6.45) is 0.246. The van der Waals surface area contributed by atoms with Crippen molar-refractivity contribution in [3.8, 4) is 0 Å². The first-order valence-electron chi connectivity index (χ1n) is 6.56. The number of rotatable bonds is 2. The summed E-state index contributed by atoms with van der Waals surface area (Å²) in [5.41, 5.74) is 2.19. The smallest absolute Gasteiger partial charge is 0.228 e. The van der Waals surface area contributed by atoms with E-state index in [1.54, 1.807) is 10.4 Å². The van der Waals surface area contributed by atoms with Gasteiger partial charge >= 0.3 is 0 Å². The second kappa shape index (κ2) is 5.44. The van der Waals surface area contributed by atoms with Gasteiger partial charge in [-0.3, -0.25) is 4.79 Å². The van der Waals surface area contributed by atoms with Crippen LogP contribution >= 0.6 is 11.3 Å². The number of carbonyl (C=O) groups is 1. The number of aromatic nitrogens is 1. The Balaban J connectivity index is 2.18. The standard InChI is InChI=1S/C13H20N2O3S2/c1-13(2,3)11-8-20(17,18)5-4-15(11)12(16)6-10-7-19-9-14-10/h7,9,11H,4-6,8H2,1-3H3. The van der Waals surface area contributed by atoms with Crippen molar-refractivity contribution in [1.82, 2.24) is 9.88 Å². The van der Waals surface area contributed by atoms with Crippen LogP contribution in [0.2, 0.25) is 0 Å². The van der Waals surface area contributed by atoms with Gasteiger partial charge in [0.1, 0.15) is 0 Å². The number of nitrogens with zero attached hydrogens (tertiary/aromatic N) is 2. The van der Waals surface area contributed by atoms with Gasteiger partial charge in [0.15, 0.2) is 9.84 Å². The van der Waals surface area contributed by atoms with Crippen LogP contribution in [0, 0.1) is 5.41 Å². The molecule has 7 heteroatoms. The summed E-state index contributed by atoms with van der Waals surface area (Å²) >= 11 is 1.46. The van der Waals surface area contributed by atoms with Crippen molar-refractivity contribution in [3.05, 3.63) is 16.6 Å². The maximum absolute atomic E-state index is 12.4. The fourth-order valence-corrected chi connectivity index (χ4v) is 4.77. The first kappa shape index (κ1) is 15.4. The largest absolute Gasteiger partial charge is 0.337 e. The third-order valence-electron chi connectivity index (χ3n) is 3.57. The zero-order valence-corrected chi connectivity index (χ0v) is 13.6. The third kappa shape index (κ3) is 3.58. The number of hydrogen-bond acceptors (Lipinski definition) is 5. The minimum absolute atomic E-state index is 0.0364. The highest BCUT2D eigenvalue weighted by molar-refractivity contribution is 7.91. The molecule has 1 fully saturated rings. The fourth-order valence-electron chi connectivity index (χ4n) is 2.40. The minimum atomic E-state index is -3.05.